The highest BCUT2D eigenvalue weighted by Gasteiger charge is 2.03. The third-order valence-electron chi connectivity index (χ3n) is 2.63. The van der Waals surface area contributed by atoms with Crippen molar-refractivity contribution in [1.82, 2.24) is 14.8 Å². The fourth-order valence-electron chi connectivity index (χ4n) is 1.62. The Morgan fingerprint density at radius 2 is 2.06 bits per heavy atom. The van der Waals surface area contributed by atoms with Crippen LogP contribution in [0.2, 0.25) is 0 Å². The summed E-state index contributed by atoms with van der Waals surface area (Å²) in [7, 11) is 1.83. The molecule has 0 unspecified atom stereocenters. The van der Waals surface area contributed by atoms with Crippen LogP contribution in [0.25, 0.3) is 0 Å². The molecule has 0 atom stereocenters. The molecule has 2 aromatic rings. The van der Waals surface area contributed by atoms with Crippen LogP contribution in [0.15, 0.2) is 30.6 Å². The van der Waals surface area contributed by atoms with Crippen LogP contribution in [0, 0.1) is 0 Å². The first kappa shape index (κ1) is 12.3. The Kier molecular flexibility index (Phi) is 3.72. The summed E-state index contributed by atoms with van der Waals surface area (Å²) in [6, 6.07) is 7.46. The summed E-state index contributed by atoms with van der Waals surface area (Å²) in [5.41, 5.74) is 1.70. The molecule has 18 heavy (non-hydrogen) atoms. The van der Waals surface area contributed by atoms with Crippen LogP contribution < -0.4 is 5.32 Å². The van der Waals surface area contributed by atoms with Crippen molar-refractivity contribution < 1.29 is 4.79 Å². The first-order chi connectivity index (χ1) is 8.69. The monoisotopic (exact) mass is 244 g/mol. The number of hydrogen-bond acceptors (Lipinski definition) is 4. The van der Waals surface area contributed by atoms with E-state index in [9.17, 15) is 4.79 Å². The lowest BCUT2D eigenvalue weighted by Crippen LogP contribution is -2.03. The highest BCUT2D eigenvalue weighted by molar-refractivity contribution is 5.96. The van der Waals surface area contributed by atoms with Crippen LogP contribution >= 0.6 is 0 Å². The number of carbonyl (C=O) groups excluding carboxylic acids is 1. The average molecular weight is 244 g/mol. The van der Waals surface area contributed by atoms with Crippen LogP contribution in [0.4, 0.5) is 5.69 Å². The Bertz CT molecular complexity index is 530. The molecule has 5 nitrogen and oxygen atoms in total. The lowest BCUT2D eigenvalue weighted by atomic mass is 10.1. The maximum Gasteiger partial charge on any atom is 0.169 e. The number of ketones is 1. The minimum absolute atomic E-state index is 0.160. The van der Waals surface area contributed by atoms with Crippen molar-refractivity contribution in [2.45, 2.75) is 19.9 Å². The minimum Gasteiger partial charge on any atom is -0.378 e. The van der Waals surface area contributed by atoms with E-state index in [4.69, 9.17) is 0 Å². The average Bonchev–Trinajstić information content (AvgIpc) is 2.82. The van der Waals surface area contributed by atoms with E-state index in [1.807, 2.05) is 38.2 Å². The molecule has 94 valence electrons. The second-order valence-electron chi connectivity index (χ2n) is 4.04. The normalized spacial score (nSPS) is 10.3. The zero-order valence-electron chi connectivity index (χ0n) is 10.6. The van der Waals surface area contributed by atoms with Crippen molar-refractivity contribution in [3.8, 4) is 0 Å². The molecule has 0 aliphatic carbocycles. The van der Waals surface area contributed by atoms with Gasteiger partial charge in [0.25, 0.3) is 0 Å². The Morgan fingerprint density at radius 1 is 1.33 bits per heavy atom. The number of aromatic nitrogens is 3. The number of benzene rings is 1. The predicted octanol–water partition coefficient (Wildman–Crippen LogP) is 2.02. The molecule has 0 aliphatic heterocycles. The van der Waals surface area contributed by atoms with Gasteiger partial charge in [-0.05, 0) is 24.3 Å². The zero-order chi connectivity index (χ0) is 13.0. The summed E-state index contributed by atoms with van der Waals surface area (Å²) in [5, 5.41) is 7.38. The van der Waals surface area contributed by atoms with Gasteiger partial charge in [-0.1, -0.05) is 6.92 Å². The van der Waals surface area contributed by atoms with E-state index in [1.165, 1.54) is 0 Å². The summed E-state index contributed by atoms with van der Waals surface area (Å²) in [4.78, 5) is 15.6. The van der Waals surface area contributed by atoms with E-state index in [2.05, 4.69) is 15.4 Å². The number of carbonyl (C=O) groups is 1. The van der Waals surface area contributed by atoms with Crippen molar-refractivity contribution in [2.24, 2.45) is 7.05 Å². The first-order valence-corrected chi connectivity index (χ1v) is 5.90. The summed E-state index contributed by atoms with van der Waals surface area (Å²) in [6.07, 6.45) is 2.20. The fourth-order valence-corrected chi connectivity index (χ4v) is 1.62. The Labute approximate surface area is 106 Å². The van der Waals surface area contributed by atoms with Gasteiger partial charge in [-0.15, -0.1) is 0 Å². The molecule has 0 bridgehead atoms. The van der Waals surface area contributed by atoms with E-state index in [1.54, 1.807) is 11.0 Å². The van der Waals surface area contributed by atoms with E-state index in [0.29, 0.717) is 13.0 Å². The summed E-state index contributed by atoms with van der Waals surface area (Å²) in [6.45, 7) is 2.43. The van der Waals surface area contributed by atoms with Crippen molar-refractivity contribution in [3.63, 3.8) is 0 Å². The Hall–Kier alpha value is -2.17. The summed E-state index contributed by atoms with van der Waals surface area (Å²) in [5.74, 6) is 0.902. The third-order valence-corrected chi connectivity index (χ3v) is 2.63. The van der Waals surface area contributed by atoms with E-state index < -0.39 is 0 Å². The Morgan fingerprint density at radius 3 is 2.61 bits per heavy atom. The molecular formula is C13H16N4O. The lowest BCUT2D eigenvalue weighted by molar-refractivity contribution is 0.0988. The molecular weight excluding hydrogens is 228 g/mol. The minimum atomic E-state index is 0.160. The molecule has 0 radical (unpaired) electrons. The topological polar surface area (TPSA) is 59.8 Å². The van der Waals surface area contributed by atoms with Gasteiger partial charge in [-0.3, -0.25) is 9.48 Å². The van der Waals surface area contributed by atoms with Crippen molar-refractivity contribution >= 4 is 11.5 Å². The quantitative estimate of drug-likeness (QED) is 0.817. The van der Waals surface area contributed by atoms with Gasteiger partial charge in [-0.25, -0.2) is 4.98 Å². The molecule has 0 saturated heterocycles. The van der Waals surface area contributed by atoms with Crippen LogP contribution in [0.3, 0.4) is 0 Å². The summed E-state index contributed by atoms with van der Waals surface area (Å²) >= 11 is 0. The molecule has 0 fully saturated rings. The third kappa shape index (κ3) is 2.94. The highest BCUT2D eigenvalue weighted by Crippen LogP contribution is 2.11. The molecule has 1 N–H and O–H groups in total. The number of anilines is 1. The van der Waals surface area contributed by atoms with Gasteiger partial charge >= 0.3 is 0 Å². The molecule has 0 amide bonds. The second kappa shape index (κ2) is 5.44. The van der Waals surface area contributed by atoms with E-state index >= 15 is 0 Å². The second-order valence-corrected chi connectivity index (χ2v) is 4.04. The van der Waals surface area contributed by atoms with Gasteiger partial charge in [0.1, 0.15) is 6.33 Å². The van der Waals surface area contributed by atoms with Crippen LogP contribution in [0.1, 0.15) is 29.5 Å². The van der Waals surface area contributed by atoms with Crippen molar-refractivity contribution in [3.05, 3.63) is 42.0 Å². The molecule has 2 rings (SSSR count). The van der Waals surface area contributed by atoms with Crippen molar-refractivity contribution in [2.75, 3.05) is 5.32 Å². The fraction of sp³-hybridized carbons (Fsp3) is 0.308. The van der Waals surface area contributed by atoms with Gasteiger partial charge in [0, 0.05) is 24.7 Å². The number of nitrogens with one attached hydrogen (secondary N) is 1. The number of hydrogen-bond donors (Lipinski definition) is 1. The molecule has 1 aromatic carbocycles. The maximum atomic E-state index is 11.5. The molecule has 0 saturated carbocycles. The maximum absolute atomic E-state index is 11.5. The van der Waals surface area contributed by atoms with E-state index in [0.717, 1.165) is 17.1 Å². The van der Waals surface area contributed by atoms with Gasteiger partial charge in [0.2, 0.25) is 0 Å². The van der Waals surface area contributed by atoms with Gasteiger partial charge in [0.15, 0.2) is 11.6 Å². The van der Waals surface area contributed by atoms with Crippen LogP contribution in [-0.4, -0.2) is 20.5 Å². The van der Waals surface area contributed by atoms with Crippen molar-refractivity contribution in [1.29, 1.82) is 0 Å². The predicted molar refractivity (Wildman–Crippen MR) is 69.4 cm³/mol. The standard InChI is InChI=1S/C13H16N4O/c1-3-12(18)10-4-6-11(7-5-10)14-8-13-15-9-17(2)16-13/h4-7,9,14H,3,8H2,1-2H3. The molecule has 1 heterocycles. The molecule has 0 spiro atoms. The first-order valence-electron chi connectivity index (χ1n) is 5.90. The molecule has 0 aliphatic rings. The number of nitrogens with zero attached hydrogens (tertiary/aromatic N) is 3. The van der Waals surface area contributed by atoms with Gasteiger partial charge < -0.3 is 5.32 Å². The lowest BCUT2D eigenvalue weighted by Gasteiger charge is -2.04. The Balaban J connectivity index is 1.96. The number of rotatable bonds is 5. The highest BCUT2D eigenvalue weighted by atomic mass is 16.1. The van der Waals surface area contributed by atoms with Crippen LogP contribution in [-0.2, 0) is 13.6 Å². The number of Topliss-reactive ketones (excluding diaryl/α,β-unsaturated/α-hetero) is 1. The summed E-state index contributed by atoms with van der Waals surface area (Å²) < 4.78 is 1.67. The molecule has 1 aromatic heterocycles. The SMILES string of the molecule is CCC(=O)c1ccc(NCc2ncn(C)n2)cc1. The largest absolute Gasteiger partial charge is 0.378 e. The van der Waals surface area contributed by atoms with E-state index in [-0.39, 0.29) is 5.78 Å². The zero-order valence-corrected chi connectivity index (χ0v) is 10.6. The number of aryl methyl sites for hydroxylation is 1. The van der Waals surface area contributed by atoms with Gasteiger partial charge in [0.05, 0.1) is 6.54 Å². The van der Waals surface area contributed by atoms with Gasteiger partial charge in [-0.2, -0.15) is 5.10 Å². The smallest absolute Gasteiger partial charge is 0.169 e. The van der Waals surface area contributed by atoms with Crippen LogP contribution in [0.5, 0.6) is 0 Å². The molecule has 5 heteroatoms.